The van der Waals surface area contributed by atoms with E-state index in [2.05, 4.69) is 0 Å². The van der Waals surface area contributed by atoms with Crippen molar-refractivity contribution in [3.63, 3.8) is 0 Å². The Hall–Kier alpha value is -9.46. The summed E-state index contributed by atoms with van der Waals surface area (Å²) in [5.74, 6) is -28.9. The van der Waals surface area contributed by atoms with Gasteiger partial charge in [0, 0.05) is 84.9 Å². The SMILES string of the molecule is CCN(/C=C(\C(=O)C(F)(F)F)c1ccc(/C(=C/N(CC)c2cccc(-c3ccc(N(/C=C(/C(=O)C(F)(F)C(F)(F)C(F)(F)C(=O)/C(=C/N(CC)c4ccccc4)c4ccccc4)c4ccccc4)CC)cc3)c2)C(=O)C(F)(F)F)cc1)c1ccccc1. The second-order valence-corrected chi connectivity index (χ2v) is 19.4. The summed E-state index contributed by atoms with van der Waals surface area (Å²) in [5.41, 5.74) is -3.04. The van der Waals surface area contributed by atoms with Crippen LogP contribution in [0.15, 0.2) is 219 Å². The first-order valence-corrected chi connectivity index (χ1v) is 27.1. The fourth-order valence-electron chi connectivity index (χ4n) is 9.21. The number of nitrogens with zero attached hydrogens (tertiary/aromatic N) is 4. The summed E-state index contributed by atoms with van der Waals surface area (Å²) in [6, 6.07) is 45.0. The Morgan fingerprint density at radius 2 is 0.586 bits per heavy atom. The molecule has 0 amide bonds. The van der Waals surface area contributed by atoms with E-state index in [9.17, 15) is 45.5 Å². The maximum absolute atomic E-state index is 16.5. The quantitative estimate of drug-likeness (QED) is 0.0414. The van der Waals surface area contributed by atoms with Crippen LogP contribution in [0.2, 0.25) is 0 Å². The van der Waals surface area contributed by atoms with Crippen molar-refractivity contribution < 1.29 is 71.9 Å². The molecule has 0 radical (unpaired) electrons. The molecule has 8 nitrogen and oxygen atoms in total. The highest BCUT2D eigenvalue weighted by Crippen LogP contribution is 2.50. The lowest BCUT2D eigenvalue weighted by Gasteiger charge is -2.32. The molecule has 7 aromatic rings. The molecule has 87 heavy (non-hydrogen) atoms. The van der Waals surface area contributed by atoms with E-state index in [0.717, 1.165) is 61.2 Å². The van der Waals surface area contributed by atoms with Crippen LogP contribution in [0.4, 0.5) is 75.4 Å². The zero-order valence-electron chi connectivity index (χ0n) is 47.1. The Bertz CT molecular complexity index is 3660. The molecule has 20 heteroatoms. The van der Waals surface area contributed by atoms with Gasteiger partial charge in [-0.25, -0.2) is 0 Å². The summed E-state index contributed by atoms with van der Waals surface area (Å²) < 4.78 is 183. The molecule has 0 aliphatic carbocycles. The number of carbonyl (C=O) groups is 4. The lowest BCUT2D eigenvalue weighted by Crippen LogP contribution is -2.61. The average molecular weight is 1210 g/mol. The number of rotatable bonds is 25. The summed E-state index contributed by atoms with van der Waals surface area (Å²) in [6.07, 6.45) is -7.18. The lowest BCUT2D eigenvalue weighted by molar-refractivity contribution is -0.281. The fourth-order valence-corrected chi connectivity index (χ4v) is 9.21. The van der Waals surface area contributed by atoms with Crippen LogP contribution < -0.4 is 19.6 Å². The zero-order valence-corrected chi connectivity index (χ0v) is 47.1. The minimum atomic E-state index is -6.62. The van der Waals surface area contributed by atoms with E-state index >= 15 is 26.3 Å². The number of benzene rings is 7. The normalized spacial score (nSPS) is 13.0. The van der Waals surface area contributed by atoms with Gasteiger partial charge in [-0.2, -0.15) is 52.7 Å². The minimum absolute atomic E-state index is 0.0294. The van der Waals surface area contributed by atoms with E-state index in [1.807, 2.05) is 0 Å². The number of alkyl halides is 12. The van der Waals surface area contributed by atoms with Crippen LogP contribution in [0.5, 0.6) is 0 Å². The lowest BCUT2D eigenvalue weighted by atomic mass is 9.88. The molecule has 452 valence electrons. The van der Waals surface area contributed by atoms with Gasteiger partial charge in [0.2, 0.25) is 11.6 Å². The van der Waals surface area contributed by atoms with E-state index in [0.29, 0.717) is 22.5 Å². The molecular formula is C67H56F12N4O4. The van der Waals surface area contributed by atoms with Crippen molar-refractivity contribution >= 4 is 68.2 Å². The summed E-state index contributed by atoms with van der Waals surface area (Å²) in [4.78, 5) is 59.0. The summed E-state index contributed by atoms with van der Waals surface area (Å²) in [5, 5.41) is 0. The van der Waals surface area contributed by atoms with Crippen molar-refractivity contribution in [2.75, 3.05) is 45.8 Å². The fraction of sp³-hybridized carbons (Fsp3) is 0.194. The maximum atomic E-state index is 16.5. The molecular weight excluding hydrogens is 1150 g/mol. The van der Waals surface area contributed by atoms with Crippen LogP contribution in [0.25, 0.3) is 33.4 Å². The van der Waals surface area contributed by atoms with Gasteiger partial charge < -0.3 is 19.6 Å². The molecule has 0 heterocycles. The van der Waals surface area contributed by atoms with Gasteiger partial charge in [-0.15, -0.1) is 0 Å². The molecule has 0 saturated carbocycles. The molecule has 0 N–H and O–H groups in total. The first kappa shape index (κ1) is 65.1. The van der Waals surface area contributed by atoms with Crippen LogP contribution in [0.1, 0.15) is 49.9 Å². The summed E-state index contributed by atoms with van der Waals surface area (Å²) in [6.45, 7) is 6.30. The smallest absolute Gasteiger partial charge is 0.348 e. The van der Waals surface area contributed by atoms with E-state index in [1.54, 1.807) is 99.6 Å². The molecule has 0 bridgehead atoms. The van der Waals surface area contributed by atoms with E-state index < -0.39 is 75.5 Å². The molecule has 0 aliphatic rings. The largest absolute Gasteiger partial charge is 0.454 e. The molecule has 0 saturated heterocycles. The van der Waals surface area contributed by atoms with Gasteiger partial charge in [0.15, 0.2) is 0 Å². The van der Waals surface area contributed by atoms with Crippen LogP contribution in [0, 0.1) is 0 Å². The van der Waals surface area contributed by atoms with Gasteiger partial charge in [-0.05, 0) is 110 Å². The first-order valence-electron chi connectivity index (χ1n) is 27.1. The van der Waals surface area contributed by atoms with Crippen molar-refractivity contribution in [2.45, 2.75) is 57.8 Å². The summed E-state index contributed by atoms with van der Waals surface area (Å²) in [7, 11) is 0. The number of Topliss-reactive ketones (excluding diaryl/α,β-unsaturated/α-hetero) is 4. The van der Waals surface area contributed by atoms with E-state index in [-0.39, 0.29) is 59.8 Å². The highest BCUT2D eigenvalue weighted by atomic mass is 19.4. The highest BCUT2D eigenvalue weighted by molar-refractivity contribution is 6.28. The predicted molar refractivity (Wildman–Crippen MR) is 315 cm³/mol. The second kappa shape index (κ2) is 27.3. The average Bonchev–Trinajstić information content (AvgIpc) is 1.06. The van der Waals surface area contributed by atoms with Crippen molar-refractivity contribution in [3.05, 3.63) is 241 Å². The van der Waals surface area contributed by atoms with Crippen LogP contribution in [-0.4, -0.2) is 79.4 Å². The van der Waals surface area contributed by atoms with Gasteiger partial charge in [-0.3, -0.25) is 19.2 Å². The number of halogens is 12. The molecule has 0 aromatic heterocycles. The number of hydrogen-bond acceptors (Lipinski definition) is 8. The minimum Gasteiger partial charge on any atom is -0.348 e. The molecule has 7 aromatic carbocycles. The van der Waals surface area contributed by atoms with Crippen LogP contribution >= 0.6 is 0 Å². The number of para-hydroxylation sites is 2. The Morgan fingerprint density at radius 1 is 0.310 bits per heavy atom. The van der Waals surface area contributed by atoms with E-state index in [1.165, 1.54) is 105 Å². The molecule has 0 fully saturated rings. The third-order valence-corrected chi connectivity index (χ3v) is 13.9. The molecule has 0 aliphatic heterocycles. The Morgan fingerprint density at radius 3 is 0.908 bits per heavy atom. The third kappa shape index (κ3) is 14.6. The standard InChI is InChI=1S/C67H56F12N4O4/c1-5-80(51-27-17-11-18-28-51)41-55(46-22-13-9-14-23-46)59(84)63(68,69)67(78,79)64(70,71)60(85)56(47-24-15-10-16-25-47)42-82(7-3)53-38-36-45(37-39-53)50-26-21-31-54(40-50)83(8-4)44-58(62(87)66(75,76)77)49-34-32-48(33-35-49)57(61(86)65(72,73)74)43-81(6-2)52-29-19-12-20-30-52/h9-44H,5-8H2,1-4H3/b55-41+,56-42+,57-43-,58-44-. The van der Waals surface area contributed by atoms with Gasteiger partial charge in [-0.1, -0.05) is 146 Å². The van der Waals surface area contributed by atoms with Gasteiger partial charge in [0.25, 0.3) is 11.6 Å². The Balaban J connectivity index is 1.20. The topological polar surface area (TPSA) is 81.2 Å². The number of hydrogen-bond donors (Lipinski definition) is 0. The van der Waals surface area contributed by atoms with Gasteiger partial charge >= 0.3 is 30.1 Å². The van der Waals surface area contributed by atoms with Crippen molar-refractivity contribution in [3.8, 4) is 11.1 Å². The van der Waals surface area contributed by atoms with Gasteiger partial charge in [0.1, 0.15) is 0 Å². The number of carbonyl (C=O) groups excluding carboxylic acids is 4. The van der Waals surface area contributed by atoms with Crippen LogP contribution in [0.3, 0.4) is 0 Å². The number of allylic oxidation sites excluding steroid dienone is 4. The Kier molecular flexibility index (Phi) is 20.4. The zero-order chi connectivity index (χ0) is 63.5. The second-order valence-electron chi connectivity index (χ2n) is 19.4. The van der Waals surface area contributed by atoms with Crippen molar-refractivity contribution in [1.29, 1.82) is 0 Å². The molecule has 0 spiro atoms. The predicted octanol–water partition coefficient (Wildman–Crippen LogP) is 16.8. The van der Waals surface area contributed by atoms with Crippen molar-refractivity contribution in [1.82, 2.24) is 0 Å². The monoisotopic (exact) mass is 1210 g/mol. The van der Waals surface area contributed by atoms with Crippen LogP contribution in [-0.2, 0) is 19.2 Å². The van der Waals surface area contributed by atoms with E-state index in [4.69, 9.17) is 0 Å². The Labute approximate surface area is 494 Å². The maximum Gasteiger partial charge on any atom is 0.454 e. The third-order valence-electron chi connectivity index (χ3n) is 13.9. The molecule has 0 unspecified atom stereocenters. The number of anilines is 4. The van der Waals surface area contributed by atoms with Gasteiger partial charge in [0.05, 0.1) is 11.1 Å². The summed E-state index contributed by atoms with van der Waals surface area (Å²) >= 11 is 0. The first-order chi connectivity index (χ1) is 41.2. The van der Waals surface area contributed by atoms with Crippen molar-refractivity contribution in [2.24, 2.45) is 0 Å². The highest BCUT2D eigenvalue weighted by Gasteiger charge is 2.78. The molecule has 0 atom stereocenters. The molecule has 7 rings (SSSR count). The number of ketones is 4.